The molecule has 6 heteroatoms. The maximum absolute atomic E-state index is 12.6. The van der Waals surface area contributed by atoms with E-state index >= 15 is 0 Å². The summed E-state index contributed by atoms with van der Waals surface area (Å²) in [5.74, 6) is -0.290. The van der Waals surface area contributed by atoms with Crippen LogP contribution in [0.1, 0.15) is 32.1 Å². The highest BCUT2D eigenvalue weighted by Gasteiger charge is 2.64. The van der Waals surface area contributed by atoms with Crippen LogP contribution in [0.3, 0.4) is 0 Å². The molecule has 1 amide bonds. The van der Waals surface area contributed by atoms with Gasteiger partial charge in [-0.3, -0.25) is 4.79 Å². The maximum Gasteiger partial charge on any atom is 0.411 e. The molecule has 1 unspecified atom stereocenters. The Morgan fingerprint density at radius 3 is 2.59 bits per heavy atom. The van der Waals surface area contributed by atoms with Crippen molar-refractivity contribution in [2.45, 2.75) is 43.8 Å². The summed E-state index contributed by atoms with van der Waals surface area (Å²) in [6, 6.07) is 0. The maximum atomic E-state index is 12.6. The van der Waals surface area contributed by atoms with E-state index in [-0.39, 0.29) is 25.2 Å². The Kier molecular flexibility index (Phi) is 3.34. The first-order valence-corrected chi connectivity index (χ1v) is 6.01. The fourth-order valence-corrected chi connectivity index (χ4v) is 2.28. The molecule has 2 aliphatic rings. The predicted octanol–water partition coefficient (Wildman–Crippen LogP) is 1.59. The van der Waals surface area contributed by atoms with Crippen molar-refractivity contribution in [2.24, 2.45) is 5.92 Å². The van der Waals surface area contributed by atoms with Crippen molar-refractivity contribution in [3.63, 3.8) is 0 Å². The Bertz CT molecular complexity index is 294. The van der Waals surface area contributed by atoms with Crippen molar-refractivity contribution < 1.29 is 18.0 Å². The lowest BCUT2D eigenvalue weighted by Gasteiger charge is -2.25. The molecule has 98 valence electrons. The van der Waals surface area contributed by atoms with Crippen LogP contribution in [0, 0.1) is 5.92 Å². The number of amides is 1. The third-order valence-electron chi connectivity index (χ3n) is 3.54. The molecule has 0 spiro atoms. The SMILES string of the molecule is O=C(CC1CCCNC1)NC1(C(F)(F)F)CC1. The van der Waals surface area contributed by atoms with E-state index in [2.05, 4.69) is 10.6 Å². The lowest BCUT2D eigenvalue weighted by atomic mass is 9.96. The van der Waals surface area contributed by atoms with Gasteiger partial charge in [0.15, 0.2) is 0 Å². The zero-order valence-corrected chi connectivity index (χ0v) is 9.57. The summed E-state index contributed by atoms with van der Waals surface area (Å²) in [7, 11) is 0. The van der Waals surface area contributed by atoms with E-state index < -0.39 is 17.6 Å². The molecule has 1 heterocycles. The van der Waals surface area contributed by atoms with Crippen molar-refractivity contribution in [1.82, 2.24) is 10.6 Å². The monoisotopic (exact) mass is 250 g/mol. The first-order valence-electron chi connectivity index (χ1n) is 6.01. The molecule has 0 radical (unpaired) electrons. The largest absolute Gasteiger partial charge is 0.411 e. The molecule has 3 nitrogen and oxygen atoms in total. The number of halogens is 3. The first-order chi connectivity index (χ1) is 7.93. The van der Waals surface area contributed by atoms with Crippen molar-refractivity contribution in [3.05, 3.63) is 0 Å². The fraction of sp³-hybridized carbons (Fsp3) is 0.909. The van der Waals surface area contributed by atoms with Gasteiger partial charge in [-0.15, -0.1) is 0 Å². The summed E-state index contributed by atoms with van der Waals surface area (Å²) in [4.78, 5) is 11.6. The van der Waals surface area contributed by atoms with E-state index in [0.717, 1.165) is 25.9 Å². The van der Waals surface area contributed by atoms with Gasteiger partial charge >= 0.3 is 6.18 Å². The molecule has 2 rings (SSSR count). The van der Waals surface area contributed by atoms with Gasteiger partial charge in [0.05, 0.1) is 0 Å². The molecule has 2 fully saturated rings. The Hall–Kier alpha value is -0.780. The van der Waals surface area contributed by atoms with Crippen LogP contribution in [0.5, 0.6) is 0 Å². The summed E-state index contributed by atoms with van der Waals surface area (Å²) < 4.78 is 37.8. The molecule has 1 atom stereocenters. The van der Waals surface area contributed by atoms with Crippen LogP contribution in [0.2, 0.25) is 0 Å². The average molecular weight is 250 g/mol. The van der Waals surface area contributed by atoms with E-state index in [0.29, 0.717) is 0 Å². The molecule has 17 heavy (non-hydrogen) atoms. The van der Waals surface area contributed by atoms with E-state index in [9.17, 15) is 18.0 Å². The third-order valence-corrected chi connectivity index (χ3v) is 3.54. The van der Waals surface area contributed by atoms with Gasteiger partial charge in [0, 0.05) is 6.42 Å². The lowest BCUT2D eigenvalue weighted by Crippen LogP contribution is -2.48. The van der Waals surface area contributed by atoms with Gasteiger partial charge in [-0.1, -0.05) is 0 Å². The zero-order chi connectivity index (χ0) is 12.5. The fourth-order valence-electron chi connectivity index (χ4n) is 2.28. The number of carbonyl (C=O) groups excluding carboxylic acids is 1. The molecule has 2 N–H and O–H groups in total. The lowest BCUT2D eigenvalue weighted by molar-refractivity contribution is -0.170. The first kappa shape index (κ1) is 12.7. The predicted molar refractivity (Wildman–Crippen MR) is 56.4 cm³/mol. The van der Waals surface area contributed by atoms with Gasteiger partial charge in [0.25, 0.3) is 0 Å². The summed E-state index contributed by atoms with van der Waals surface area (Å²) in [5.41, 5.74) is -1.91. The number of hydrogen-bond donors (Lipinski definition) is 2. The second kappa shape index (κ2) is 4.48. The van der Waals surface area contributed by atoms with Crippen LogP contribution < -0.4 is 10.6 Å². The quantitative estimate of drug-likeness (QED) is 0.798. The second-order valence-electron chi connectivity index (χ2n) is 5.04. The molecule has 0 aromatic heterocycles. The molecule has 0 aromatic carbocycles. The molecular formula is C11H17F3N2O. The normalized spacial score (nSPS) is 27.6. The Morgan fingerprint density at radius 2 is 2.12 bits per heavy atom. The van der Waals surface area contributed by atoms with Gasteiger partial charge in [0.2, 0.25) is 5.91 Å². The van der Waals surface area contributed by atoms with Crippen molar-refractivity contribution >= 4 is 5.91 Å². The number of piperidine rings is 1. The van der Waals surface area contributed by atoms with Gasteiger partial charge in [-0.05, 0) is 44.7 Å². The minimum absolute atomic E-state index is 0.0190. The standard InChI is InChI=1S/C11H17F3N2O/c12-11(13,14)10(3-4-10)16-9(17)6-8-2-1-5-15-7-8/h8,15H,1-7H2,(H,16,17). The van der Waals surface area contributed by atoms with Gasteiger partial charge in [-0.25, -0.2) is 0 Å². The zero-order valence-electron chi connectivity index (χ0n) is 9.57. The van der Waals surface area contributed by atoms with Crippen LogP contribution in [-0.4, -0.2) is 30.7 Å². The minimum atomic E-state index is -4.31. The highest BCUT2D eigenvalue weighted by molar-refractivity contribution is 5.77. The van der Waals surface area contributed by atoms with Crippen LogP contribution in [0.4, 0.5) is 13.2 Å². The summed E-state index contributed by atoms with van der Waals surface area (Å²) >= 11 is 0. The molecule has 1 saturated carbocycles. The van der Waals surface area contributed by atoms with Gasteiger partial charge in [0.1, 0.15) is 5.54 Å². The minimum Gasteiger partial charge on any atom is -0.342 e. The van der Waals surface area contributed by atoms with Crippen LogP contribution >= 0.6 is 0 Å². The molecule has 0 bridgehead atoms. The Morgan fingerprint density at radius 1 is 1.41 bits per heavy atom. The number of hydrogen-bond acceptors (Lipinski definition) is 2. The van der Waals surface area contributed by atoms with E-state index in [1.165, 1.54) is 0 Å². The Labute approximate surface area is 98.1 Å². The van der Waals surface area contributed by atoms with Gasteiger partial charge in [-0.2, -0.15) is 13.2 Å². The topological polar surface area (TPSA) is 41.1 Å². The number of nitrogens with one attached hydrogen (secondary N) is 2. The van der Waals surface area contributed by atoms with Crippen LogP contribution in [0.15, 0.2) is 0 Å². The van der Waals surface area contributed by atoms with E-state index in [1.807, 2.05) is 0 Å². The summed E-state index contributed by atoms with van der Waals surface area (Å²) in [6.07, 6.45) is -2.17. The highest BCUT2D eigenvalue weighted by Crippen LogP contribution is 2.48. The molecule has 1 aliphatic heterocycles. The summed E-state index contributed by atoms with van der Waals surface area (Å²) in [5, 5.41) is 5.31. The molecule has 1 aliphatic carbocycles. The average Bonchev–Trinajstić information content (AvgIpc) is 2.99. The number of carbonyl (C=O) groups is 1. The van der Waals surface area contributed by atoms with Gasteiger partial charge < -0.3 is 10.6 Å². The smallest absolute Gasteiger partial charge is 0.342 e. The van der Waals surface area contributed by atoms with E-state index in [4.69, 9.17) is 0 Å². The molecular weight excluding hydrogens is 233 g/mol. The van der Waals surface area contributed by atoms with E-state index in [1.54, 1.807) is 0 Å². The number of rotatable bonds is 3. The summed E-state index contributed by atoms with van der Waals surface area (Å²) in [6.45, 7) is 1.66. The molecule has 0 aromatic rings. The molecule has 1 saturated heterocycles. The van der Waals surface area contributed by atoms with Crippen molar-refractivity contribution in [1.29, 1.82) is 0 Å². The van der Waals surface area contributed by atoms with Crippen LogP contribution in [0.25, 0.3) is 0 Å². The van der Waals surface area contributed by atoms with Crippen molar-refractivity contribution in [2.75, 3.05) is 13.1 Å². The third kappa shape index (κ3) is 2.91. The van der Waals surface area contributed by atoms with Crippen molar-refractivity contribution in [3.8, 4) is 0 Å². The second-order valence-corrected chi connectivity index (χ2v) is 5.04. The number of alkyl halides is 3. The van der Waals surface area contributed by atoms with Crippen LogP contribution in [-0.2, 0) is 4.79 Å². The Balaban J connectivity index is 1.81. The highest BCUT2D eigenvalue weighted by atomic mass is 19.4.